The van der Waals surface area contributed by atoms with Gasteiger partial charge in [-0.1, -0.05) is 24.6 Å². The second kappa shape index (κ2) is 10.9. The van der Waals surface area contributed by atoms with E-state index in [9.17, 15) is 14.7 Å². The lowest BCUT2D eigenvalue weighted by Crippen LogP contribution is -2.24. The van der Waals surface area contributed by atoms with Gasteiger partial charge in [-0.25, -0.2) is 0 Å². The number of H-pyrrole nitrogens is 1. The average Bonchev–Trinajstić information content (AvgIpc) is 3.14. The van der Waals surface area contributed by atoms with Crippen LogP contribution in [0.4, 0.5) is 5.69 Å². The van der Waals surface area contributed by atoms with Gasteiger partial charge in [-0.3, -0.25) is 9.59 Å². The van der Waals surface area contributed by atoms with Gasteiger partial charge >= 0.3 is 0 Å². The number of nitrogens with zero attached hydrogens (tertiary/aromatic N) is 2. The van der Waals surface area contributed by atoms with Crippen molar-refractivity contribution in [2.75, 3.05) is 20.8 Å². The Kier molecular flexibility index (Phi) is 7.80. The normalized spacial score (nSPS) is 11.1. The molecular weight excluding hydrogens is 412 g/mol. The molecule has 9 nitrogen and oxygen atoms in total. The molecule has 0 atom stereocenters. The van der Waals surface area contributed by atoms with Crippen LogP contribution in [0.3, 0.4) is 0 Å². The first-order valence-electron chi connectivity index (χ1n) is 10.3. The minimum absolute atomic E-state index is 0.118. The highest BCUT2D eigenvalue weighted by Crippen LogP contribution is 2.35. The van der Waals surface area contributed by atoms with E-state index in [4.69, 9.17) is 9.47 Å². The van der Waals surface area contributed by atoms with Crippen LogP contribution in [-0.2, 0) is 4.79 Å². The third kappa shape index (κ3) is 5.63. The van der Waals surface area contributed by atoms with Gasteiger partial charge in [0.05, 0.1) is 19.7 Å². The number of nitrogens with one attached hydrogen (secondary N) is 2. The maximum atomic E-state index is 12.3. The SMILES string of the molecule is COc1ccc(C(=O)NCCCCCC(=O)N=Nc2c(O)[nH]c3ccccc23)cc1OC. The predicted octanol–water partition coefficient (Wildman–Crippen LogP) is 4.49. The van der Waals surface area contributed by atoms with Crippen LogP contribution < -0.4 is 14.8 Å². The standard InChI is InChI=1S/C23H26N4O5/c1-31-18-12-11-15(14-19(18)32-2)22(29)24-13-7-3-4-10-20(28)26-27-21-16-8-5-6-9-17(16)25-23(21)30/h5-6,8-9,11-12,14,25,30H,3-4,7,10,13H2,1-2H3,(H,24,29). The van der Waals surface area contributed by atoms with Crippen molar-refractivity contribution in [3.8, 4) is 17.4 Å². The molecule has 0 aliphatic heterocycles. The molecule has 0 saturated heterocycles. The van der Waals surface area contributed by atoms with E-state index in [-0.39, 0.29) is 29.8 Å². The first-order chi connectivity index (χ1) is 15.5. The smallest absolute Gasteiger partial charge is 0.264 e. The first-order valence-corrected chi connectivity index (χ1v) is 10.3. The van der Waals surface area contributed by atoms with Crippen LogP contribution >= 0.6 is 0 Å². The fraction of sp³-hybridized carbons (Fsp3) is 0.304. The van der Waals surface area contributed by atoms with Crippen LogP contribution in [0.2, 0.25) is 0 Å². The van der Waals surface area contributed by atoms with Crippen LogP contribution in [0.1, 0.15) is 36.0 Å². The van der Waals surface area contributed by atoms with Crippen LogP contribution in [0.25, 0.3) is 10.9 Å². The molecule has 0 aliphatic carbocycles. The van der Waals surface area contributed by atoms with Crippen molar-refractivity contribution in [1.82, 2.24) is 10.3 Å². The third-order valence-corrected chi connectivity index (χ3v) is 4.92. The van der Waals surface area contributed by atoms with Crippen molar-refractivity contribution in [2.45, 2.75) is 25.7 Å². The molecule has 2 aromatic carbocycles. The van der Waals surface area contributed by atoms with E-state index in [0.29, 0.717) is 35.4 Å². The minimum atomic E-state index is -0.357. The highest BCUT2D eigenvalue weighted by Gasteiger charge is 2.11. The molecule has 3 rings (SSSR count). The Morgan fingerprint density at radius 3 is 2.59 bits per heavy atom. The molecule has 3 N–H and O–H groups in total. The average molecular weight is 438 g/mol. The summed E-state index contributed by atoms with van der Waals surface area (Å²) in [6.45, 7) is 0.492. The van der Waals surface area contributed by atoms with Gasteiger partial charge in [-0.05, 0) is 37.1 Å². The number of amides is 2. The topological polar surface area (TPSA) is 125 Å². The number of aromatic nitrogens is 1. The van der Waals surface area contributed by atoms with E-state index in [1.165, 1.54) is 14.2 Å². The number of azo groups is 1. The van der Waals surface area contributed by atoms with Crippen molar-refractivity contribution in [3.05, 3.63) is 48.0 Å². The van der Waals surface area contributed by atoms with Crippen LogP contribution in [0.5, 0.6) is 17.4 Å². The molecule has 0 bridgehead atoms. The molecule has 9 heteroatoms. The van der Waals surface area contributed by atoms with Crippen molar-refractivity contribution in [2.24, 2.45) is 10.2 Å². The molecule has 0 spiro atoms. The summed E-state index contributed by atoms with van der Waals surface area (Å²) in [5.41, 5.74) is 1.46. The van der Waals surface area contributed by atoms with Crippen LogP contribution in [0.15, 0.2) is 52.7 Å². The van der Waals surface area contributed by atoms with Gasteiger partial charge in [-0.2, -0.15) is 0 Å². The van der Waals surface area contributed by atoms with E-state index in [1.807, 2.05) is 12.1 Å². The van der Waals surface area contributed by atoms with Gasteiger partial charge in [0.15, 0.2) is 17.2 Å². The Hall–Kier alpha value is -3.88. The second-order valence-electron chi connectivity index (χ2n) is 7.10. The highest BCUT2D eigenvalue weighted by atomic mass is 16.5. The third-order valence-electron chi connectivity index (χ3n) is 4.92. The lowest BCUT2D eigenvalue weighted by Gasteiger charge is -2.10. The molecule has 0 aliphatic rings. The number of aromatic amines is 1. The molecule has 0 saturated carbocycles. The number of benzene rings is 2. The Balaban J connectivity index is 1.38. The van der Waals surface area contributed by atoms with Crippen LogP contribution in [-0.4, -0.2) is 42.7 Å². The largest absolute Gasteiger partial charge is 0.493 e. The number of hydrogen-bond donors (Lipinski definition) is 3. The van der Waals surface area contributed by atoms with Crippen molar-refractivity contribution in [3.63, 3.8) is 0 Å². The Labute approximate surface area is 185 Å². The molecule has 32 heavy (non-hydrogen) atoms. The van der Waals surface area contributed by atoms with E-state index in [2.05, 4.69) is 20.5 Å². The Bertz CT molecular complexity index is 1120. The number of rotatable bonds is 10. The number of unbranched alkanes of at least 4 members (excludes halogenated alkanes) is 2. The van der Waals surface area contributed by atoms with Gasteiger partial charge in [-0.15, -0.1) is 10.2 Å². The van der Waals surface area contributed by atoms with E-state index in [1.54, 1.807) is 30.3 Å². The molecule has 0 fully saturated rings. The van der Waals surface area contributed by atoms with Crippen molar-refractivity contribution >= 4 is 28.4 Å². The summed E-state index contributed by atoms with van der Waals surface area (Å²) in [5, 5.41) is 21.1. The lowest BCUT2D eigenvalue weighted by molar-refractivity contribution is -0.118. The molecule has 1 heterocycles. The van der Waals surface area contributed by atoms with Crippen molar-refractivity contribution < 1.29 is 24.2 Å². The second-order valence-corrected chi connectivity index (χ2v) is 7.10. The van der Waals surface area contributed by atoms with Gasteiger partial charge in [0, 0.05) is 23.9 Å². The number of carbonyl (C=O) groups excluding carboxylic acids is 2. The predicted molar refractivity (Wildman–Crippen MR) is 120 cm³/mol. The summed E-state index contributed by atoms with van der Waals surface area (Å²) in [6, 6.07) is 12.2. The summed E-state index contributed by atoms with van der Waals surface area (Å²) >= 11 is 0. The number of ether oxygens (including phenoxy) is 2. The summed E-state index contributed by atoms with van der Waals surface area (Å²) in [4.78, 5) is 27.0. The summed E-state index contributed by atoms with van der Waals surface area (Å²) in [5.74, 6) is 0.380. The monoisotopic (exact) mass is 438 g/mol. The first kappa shape index (κ1) is 22.8. The zero-order valence-electron chi connectivity index (χ0n) is 18.1. The summed E-state index contributed by atoms with van der Waals surface area (Å²) in [7, 11) is 3.05. The van der Waals surface area contributed by atoms with E-state index in [0.717, 1.165) is 18.4 Å². The molecule has 3 aromatic rings. The molecule has 1 aromatic heterocycles. The molecular formula is C23H26N4O5. The summed E-state index contributed by atoms with van der Waals surface area (Å²) < 4.78 is 10.4. The Morgan fingerprint density at radius 2 is 1.81 bits per heavy atom. The lowest BCUT2D eigenvalue weighted by atomic mass is 10.1. The maximum Gasteiger partial charge on any atom is 0.264 e. The zero-order valence-corrected chi connectivity index (χ0v) is 18.1. The fourth-order valence-corrected chi connectivity index (χ4v) is 3.23. The molecule has 168 valence electrons. The van der Waals surface area contributed by atoms with Gasteiger partial charge in [0.25, 0.3) is 11.8 Å². The number of fused-ring (bicyclic) bond motifs is 1. The van der Waals surface area contributed by atoms with Crippen LogP contribution in [0, 0.1) is 0 Å². The number of para-hydroxylation sites is 1. The summed E-state index contributed by atoms with van der Waals surface area (Å²) in [6.07, 6.45) is 2.36. The molecule has 2 amide bonds. The number of aromatic hydroxyl groups is 1. The van der Waals surface area contributed by atoms with Crippen molar-refractivity contribution in [1.29, 1.82) is 0 Å². The van der Waals surface area contributed by atoms with Gasteiger partial charge in [0.2, 0.25) is 5.88 Å². The van der Waals surface area contributed by atoms with E-state index >= 15 is 0 Å². The Morgan fingerprint density at radius 1 is 1.03 bits per heavy atom. The number of methoxy groups -OCH3 is 2. The highest BCUT2D eigenvalue weighted by molar-refractivity contribution is 5.95. The zero-order chi connectivity index (χ0) is 22.9. The van der Waals surface area contributed by atoms with Gasteiger partial charge in [0.1, 0.15) is 0 Å². The van der Waals surface area contributed by atoms with E-state index < -0.39 is 0 Å². The quantitative estimate of drug-likeness (QED) is 0.318. The number of carbonyl (C=O) groups is 2. The maximum absolute atomic E-state index is 12.3. The number of hydrogen-bond acceptors (Lipinski definition) is 6. The minimum Gasteiger partial charge on any atom is -0.493 e. The molecule has 0 unspecified atom stereocenters. The van der Waals surface area contributed by atoms with Gasteiger partial charge < -0.3 is 24.9 Å². The fourth-order valence-electron chi connectivity index (χ4n) is 3.23. The molecule has 0 radical (unpaired) electrons.